The Bertz CT molecular complexity index is 474. The van der Waals surface area contributed by atoms with Gasteiger partial charge in [-0.1, -0.05) is 154 Å². The number of esters is 1. The first-order valence-corrected chi connectivity index (χ1v) is 17.2. The van der Waals surface area contributed by atoms with E-state index in [-0.39, 0.29) is 5.97 Å². The lowest BCUT2D eigenvalue weighted by atomic mass is 10.0. The molecular weight excluding hydrogens is 468 g/mol. The van der Waals surface area contributed by atoms with E-state index in [1.54, 1.807) is 0 Å². The summed E-state index contributed by atoms with van der Waals surface area (Å²) in [7, 11) is 0. The highest BCUT2D eigenvalue weighted by Gasteiger charge is 2.02. The van der Waals surface area contributed by atoms with Crippen molar-refractivity contribution in [1.82, 2.24) is 0 Å². The number of allylic oxidation sites excluding steroid dienone is 2. The van der Waals surface area contributed by atoms with Crippen molar-refractivity contribution in [2.24, 2.45) is 0 Å². The van der Waals surface area contributed by atoms with Crippen molar-refractivity contribution in [2.45, 2.75) is 193 Å². The van der Waals surface area contributed by atoms with Crippen LogP contribution in [0.1, 0.15) is 193 Å². The Labute approximate surface area is 239 Å². The van der Waals surface area contributed by atoms with Crippen LogP contribution in [-0.4, -0.2) is 24.3 Å². The highest BCUT2D eigenvalue weighted by molar-refractivity contribution is 5.69. The molecular formula is C35H68O3. The third-order valence-corrected chi connectivity index (χ3v) is 7.71. The molecule has 0 fully saturated rings. The maximum atomic E-state index is 11.9. The van der Waals surface area contributed by atoms with Gasteiger partial charge in [-0.2, -0.15) is 0 Å². The Hall–Kier alpha value is -0.830. The van der Waals surface area contributed by atoms with Crippen LogP contribution >= 0.6 is 0 Å². The molecule has 1 N–H and O–H groups in total. The van der Waals surface area contributed by atoms with Crippen molar-refractivity contribution >= 4 is 5.97 Å². The molecule has 0 aliphatic heterocycles. The number of rotatable bonds is 32. The Morgan fingerprint density at radius 3 is 1.32 bits per heavy atom. The second kappa shape index (κ2) is 34.2. The Kier molecular flexibility index (Phi) is 33.5. The van der Waals surface area contributed by atoms with Gasteiger partial charge in [-0.05, 0) is 44.9 Å². The number of hydrogen-bond acceptors (Lipinski definition) is 3. The largest absolute Gasteiger partial charge is 0.466 e. The summed E-state index contributed by atoms with van der Waals surface area (Å²) in [5, 5.41) is 8.77. The van der Waals surface area contributed by atoms with Gasteiger partial charge in [0, 0.05) is 13.0 Å². The summed E-state index contributed by atoms with van der Waals surface area (Å²) in [6.07, 6.45) is 41.3. The number of hydrogen-bond donors (Lipinski definition) is 1. The fourth-order valence-corrected chi connectivity index (χ4v) is 5.11. The number of carbonyl (C=O) groups is 1. The van der Waals surface area contributed by atoms with E-state index in [2.05, 4.69) is 19.1 Å². The van der Waals surface area contributed by atoms with Crippen LogP contribution in [0.25, 0.3) is 0 Å². The van der Waals surface area contributed by atoms with Crippen LogP contribution in [0.15, 0.2) is 12.2 Å². The molecule has 0 saturated heterocycles. The minimum absolute atomic E-state index is 0.00838. The van der Waals surface area contributed by atoms with Gasteiger partial charge in [0.15, 0.2) is 0 Å². The third-order valence-electron chi connectivity index (χ3n) is 7.71. The van der Waals surface area contributed by atoms with Crippen LogP contribution in [0.4, 0.5) is 0 Å². The second-order valence-corrected chi connectivity index (χ2v) is 11.6. The highest BCUT2D eigenvalue weighted by atomic mass is 16.5. The van der Waals surface area contributed by atoms with E-state index in [0.29, 0.717) is 19.6 Å². The molecule has 0 radical (unpaired) electrons. The molecule has 0 bridgehead atoms. The summed E-state index contributed by atoms with van der Waals surface area (Å²) in [6.45, 7) is 3.24. The predicted octanol–water partition coefficient (Wildman–Crippen LogP) is 11.4. The van der Waals surface area contributed by atoms with Crippen molar-refractivity contribution < 1.29 is 14.6 Å². The lowest BCUT2D eigenvalue weighted by Gasteiger charge is -2.05. The normalized spacial score (nSPS) is 11.5. The van der Waals surface area contributed by atoms with Gasteiger partial charge < -0.3 is 9.84 Å². The zero-order valence-corrected chi connectivity index (χ0v) is 25.8. The SMILES string of the molecule is CCCCCC/C=C\CCCCCCCC(=O)OCCCCCCCCCCCCCCCCCCCO. The Morgan fingerprint density at radius 2 is 0.868 bits per heavy atom. The van der Waals surface area contributed by atoms with E-state index >= 15 is 0 Å². The quantitative estimate of drug-likeness (QED) is 0.0528. The van der Waals surface area contributed by atoms with Crippen LogP contribution in [0.2, 0.25) is 0 Å². The topological polar surface area (TPSA) is 46.5 Å². The highest BCUT2D eigenvalue weighted by Crippen LogP contribution is 2.14. The van der Waals surface area contributed by atoms with Crippen LogP contribution in [0.3, 0.4) is 0 Å². The van der Waals surface area contributed by atoms with Crippen molar-refractivity contribution in [2.75, 3.05) is 13.2 Å². The molecule has 0 aliphatic carbocycles. The number of aliphatic hydroxyl groups is 1. The van der Waals surface area contributed by atoms with Crippen LogP contribution in [0.5, 0.6) is 0 Å². The van der Waals surface area contributed by atoms with Crippen molar-refractivity contribution in [1.29, 1.82) is 0 Å². The summed E-state index contributed by atoms with van der Waals surface area (Å²) in [6, 6.07) is 0. The number of carbonyl (C=O) groups excluding carboxylic acids is 1. The van der Waals surface area contributed by atoms with Gasteiger partial charge in [-0.25, -0.2) is 0 Å². The molecule has 0 unspecified atom stereocenters. The number of unbranched alkanes of at least 4 members (excludes halogenated alkanes) is 25. The minimum atomic E-state index is 0.00838. The third kappa shape index (κ3) is 33.2. The molecule has 0 spiro atoms. The van der Waals surface area contributed by atoms with Crippen LogP contribution < -0.4 is 0 Å². The zero-order chi connectivity index (χ0) is 27.6. The molecule has 226 valence electrons. The molecule has 0 aromatic rings. The summed E-state index contributed by atoms with van der Waals surface area (Å²) >= 11 is 0. The van der Waals surface area contributed by atoms with Gasteiger partial charge in [-0.15, -0.1) is 0 Å². The van der Waals surface area contributed by atoms with Crippen molar-refractivity contribution in [3.63, 3.8) is 0 Å². The minimum Gasteiger partial charge on any atom is -0.466 e. The molecule has 38 heavy (non-hydrogen) atoms. The molecule has 0 saturated carbocycles. The molecule has 0 aromatic carbocycles. The predicted molar refractivity (Wildman–Crippen MR) is 167 cm³/mol. The van der Waals surface area contributed by atoms with E-state index < -0.39 is 0 Å². The summed E-state index contributed by atoms with van der Waals surface area (Å²) < 4.78 is 5.42. The average molecular weight is 537 g/mol. The fraction of sp³-hybridized carbons (Fsp3) is 0.914. The lowest BCUT2D eigenvalue weighted by molar-refractivity contribution is -0.143. The van der Waals surface area contributed by atoms with E-state index in [0.717, 1.165) is 25.7 Å². The first-order valence-electron chi connectivity index (χ1n) is 17.2. The number of aliphatic hydroxyl groups excluding tert-OH is 1. The smallest absolute Gasteiger partial charge is 0.305 e. The van der Waals surface area contributed by atoms with Gasteiger partial charge >= 0.3 is 5.97 Å². The Balaban J connectivity index is 3.17. The van der Waals surface area contributed by atoms with Crippen LogP contribution in [-0.2, 0) is 9.53 Å². The van der Waals surface area contributed by atoms with Gasteiger partial charge in [0.05, 0.1) is 6.61 Å². The monoisotopic (exact) mass is 537 g/mol. The van der Waals surface area contributed by atoms with E-state index in [9.17, 15) is 4.79 Å². The molecule has 0 amide bonds. The molecule has 0 aliphatic rings. The molecule has 0 rings (SSSR count). The molecule has 3 heteroatoms. The summed E-state index contributed by atoms with van der Waals surface area (Å²) in [4.78, 5) is 11.9. The maximum absolute atomic E-state index is 11.9. The molecule has 3 nitrogen and oxygen atoms in total. The second-order valence-electron chi connectivity index (χ2n) is 11.6. The maximum Gasteiger partial charge on any atom is 0.305 e. The standard InChI is InChI=1S/C35H68O3/c1-2-3-4-5-6-7-8-14-17-20-23-26-29-32-35(37)38-34-31-28-25-22-19-16-13-11-9-10-12-15-18-21-24-27-30-33-36/h7-8,36H,2-6,9-34H2,1H3/b8-7-. The fourth-order valence-electron chi connectivity index (χ4n) is 5.11. The van der Waals surface area contributed by atoms with Crippen molar-refractivity contribution in [3.8, 4) is 0 Å². The van der Waals surface area contributed by atoms with E-state index in [4.69, 9.17) is 9.84 Å². The summed E-state index contributed by atoms with van der Waals surface area (Å²) in [5.41, 5.74) is 0. The Morgan fingerprint density at radius 1 is 0.500 bits per heavy atom. The van der Waals surface area contributed by atoms with E-state index in [1.165, 1.54) is 154 Å². The van der Waals surface area contributed by atoms with Gasteiger partial charge in [0.1, 0.15) is 0 Å². The molecule has 0 heterocycles. The average Bonchev–Trinajstić information content (AvgIpc) is 2.92. The van der Waals surface area contributed by atoms with Gasteiger partial charge in [0.2, 0.25) is 0 Å². The molecule has 0 atom stereocenters. The van der Waals surface area contributed by atoms with E-state index in [1.807, 2.05) is 0 Å². The lowest BCUT2D eigenvalue weighted by Crippen LogP contribution is -2.05. The zero-order valence-electron chi connectivity index (χ0n) is 25.8. The first-order chi connectivity index (χ1) is 18.8. The van der Waals surface area contributed by atoms with Crippen LogP contribution in [0, 0.1) is 0 Å². The summed E-state index contributed by atoms with van der Waals surface area (Å²) in [5.74, 6) is 0.00838. The molecule has 0 aromatic heterocycles. The van der Waals surface area contributed by atoms with Gasteiger partial charge in [-0.3, -0.25) is 4.79 Å². The van der Waals surface area contributed by atoms with Crippen molar-refractivity contribution in [3.05, 3.63) is 12.2 Å². The van der Waals surface area contributed by atoms with Gasteiger partial charge in [0.25, 0.3) is 0 Å². The number of ether oxygens (including phenoxy) is 1. The first kappa shape index (κ1) is 37.2.